The van der Waals surface area contributed by atoms with Gasteiger partial charge in [0.1, 0.15) is 0 Å². The van der Waals surface area contributed by atoms with E-state index in [2.05, 4.69) is 0 Å². The lowest BCUT2D eigenvalue weighted by Gasteiger charge is -2.33. The standard InChI is InChI=1S/C16H17ClN2O4/c17-11-2-1-3-12(8-11)19-14(20)9-13(15(19)21)18-6-4-10(5-7-18)16(22)23/h1-3,8,10,13H,4-7,9H2,(H,22,23). The van der Waals surface area contributed by atoms with Crippen molar-refractivity contribution in [1.29, 1.82) is 0 Å². The van der Waals surface area contributed by atoms with E-state index in [1.165, 1.54) is 4.90 Å². The molecule has 0 bridgehead atoms. The average molecular weight is 337 g/mol. The van der Waals surface area contributed by atoms with E-state index in [0.29, 0.717) is 36.6 Å². The molecular formula is C16H17ClN2O4. The van der Waals surface area contributed by atoms with E-state index in [0.717, 1.165) is 0 Å². The molecule has 0 radical (unpaired) electrons. The van der Waals surface area contributed by atoms with Crippen molar-refractivity contribution in [2.24, 2.45) is 5.92 Å². The third-order valence-corrected chi connectivity index (χ3v) is 4.74. The first kappa shape index (κ1) is 16.0. The lowest BCUT2D eigenvalue weighted by molar-refractivity contribution is -0.143. The van der Waals surface area contributed by atoms with Crippen molar-refractivity contribution < 1.29 is 19.5 Å². The summed E-state index contributed by atoms with van der Waals surface area (Å²) in [5.74, 6) is -1.66. The number of piperidine rings is 1. The van der Waals surface area contributed by atoms with Crippen molar-refractivity contribution in [3.8, 4) is 0 Å². The largest absolute Gasteiger partial charge is 0.481 e. The molecule has 2 saturated heterocycles. The van der Waals surface area contributed by atoms with Gasteiger partial charge in [0, 0.05) is 5.02 Å². The summed E-state index contributed by atoms with van der Waals surface area (Å²) in [6.45, 7) is 1.04. The minimum Gasteiger partial charge on any atom is -0.481 e. The van der Waals surface area contributed by atoms with Gasteiger partial charge < -0.3 is 5.11 Å². The lowest BCUT2D eigenvalue weighted by Crippen LogP contribution is -2.46. The highest BCUT2D eigenvalue weighted by Gasteiger charge is 2.43. The van der Waals surface area contributed by atoms with E-state index in [4.69, 9.17) is 16.7 Å². The second-order valence-electron chi connectivity index (χ2n) is 5.92. The summed E-state index contributed by atoms with van der Waals surface area (Å²) in [6.07, 6.45) is 1.14. The molecule has 1 aromatic carbocycles. The van der Waals surface area contributed by atoms with Gasteiger partial charge in [0.2, 0.25) is 5.91 Å². The SMILES string of the molecule is O=C(O)C1CCN(C2CC(=O)N(c3cccc(Cl)c3)C2=O)CC1. The number of halogens is 1. The summed E-state index contributed by atoms with van der Waals surface area (Å²) < 4.78 is 0. The quantitative estimate of drug-likeness (QED) is 0.851. The van der Waals surface area contributed by atoms with E-state index in [1.807, 2.05) is 4.90 Å². The summed E-state index contributed by atoms with van der Waals surface area (Å²) in [6, 6.07) is 6.15. The molecule has 1 aromatic rings. The highest BCUT2D eigenvalue weighted by atomic mass is 35.5. The van der Waals surface area contributed by atoms with Gasteiger partial charge in [0.25, 0.3) is 5.91 Å². The third-order valence-electron chi connectivity index (χ3n) is 4.51. The van der Waals surface area contributed by atoms with Crippen LogP contribution in [0.2, 0.25) is 5.02 Å². The van der Waals surface area contributed by atoms with Crippen LogP contribution >= 0.6 is 11.6 Å². The van der Waals surface area contributed by atoms with Crippen LogP contribution < -0.4 is 4.90 Å². The van der Waals surface area contributed by atoms with E-state index in [1.54, 1.807) is 24.3 Å². The third kappa shape index (κ3) is 3.09. The van der Waals surface area contributed by atoms with E-state index in [9.17, 15) is 14.4 Å². The van der Waals surface area contributed by atoms with Crippen LogP contribution in [0.25, 0.3) is 0 Å². The smallest absolute Gasteiger partial charge is 0.306 e. The summed E-state index contributed by atoms with van der Waals surface area (Å²) in [7, 11) is 0. The number of amides is 2. The van der Waals surface area contributed by atoms with Crippen molar-refractivity contribution in [2.75, 3.05) is 18.0 Å². The molecule has 0 aromatic heterocycles. The fourth-order valence-electron chi connectivity index (χ4n) is 3.25. The second-order valence-corrected chi connectivity index (χ2v) is 6.35. The highest BCUT2D eigenvalue weighted by molar-refractivity contribution is 6.31. The Morgan fingerprint density at radius 1 is 1.22 bits per heavy atom. The van der Waals surface area contributed by atoms with Gasteiger partial charge in [-0.05, 0) is 44.1 Å². The number of hydrogen-bond donors (Lipinski definition) is 1. The van der Waals surface area contributed by atoms with E-state index >= 15 is 0 Å². The van der Waals surface area contributed by atoms with Crippen molar-refractivity contribution in [2.45, 2.75) is 25.3 Å². The van der Waals surface area contributed by atoms with Crippen LogP contribution in [-0.4, -0.2) is 46.9 Å². The van der Waals surface area contributed by atoms with Gasteiger partial charge in [-0.2, -0.15) is 0 Å². The topological polar surface area (TPSA) is 77.9 Å². The normalized spacial score (nSPS) is 23.5. The molecule has 1 unspecified atom stereocenters. The maximum absolute atomic E-state index is 12.6. The van der Waals surface area contributed by atoms with Crippen LogP contribution in [0.1, 0.15) is 19.3 Å². The van der Waals surface area contributed by atoms with Crippen LogP contribution in [0, 0.1) is 5.92 Å². The molecule has 3 rings (SSSR count). The Morgan fingerprint density at radius 2 is 1.91 bits per heavy atom. The number of anilines is 1. The molecule has 0 aliphatic carbocycles. The number of carbonyl (C=O) groups excluding carboxylic acids is 2. The molecule has 0 spiro atoms. The first-order valence-corrected chi connectivity index (χ1v) is 7.94. The van der Waals surface area contributed by atoms with Crippen molar-refractivity contribution in [3.05, 3.63) is 29.3 Å². The molecular weight excluding hydrogens is 320 g/mol. The Morgan fingerprint density at radius 3 is 2.52 bits per heavy atom. The van der Waals surface area contributed by atoms with Crippen LogP contribution in [0.4, 0.5) is 5.69 Å². The number of nitrogens with zero attached hydrogens (tertiary/aromatic N) is 2. The van der Waals surface area contributed by atoms with Crippen LogP contribution in [0.5, 0.6) is 0 Å². The highest BCUT2D eigenvalue weighted by Crippen LogP contribution is 2.29. The second kappa shape index (κ2) is 6.29. The first-order chi connectivity index (χ1) is 11.0. The Kier molecular flexibility index (Phi) is 4.37. The summed E-state index contributed by atoms with van der Waals surface area (Å²) in [5, 5.41) is 9.51. The number of carboxylic acids is 1. The Bertz CT molecular complexity index is 655. The zero-order chi connectivity index (χ0) is 16.6. The van der Waals surface area contributed by atoms with Crippen molar-refractivity contribution >= 4 is 35.1 Å². The molecule has 2 amide bonds. The fourth-order valence-corrected chi connectivity index (χ4v) is 3.43. The number of benzene rings is 1. The number of rotatable bonds is 3. The molecule has 2 fully saturated rings. The number of hydrogen-bond acceptors (Lipinski definition) is 4. The molecule has 122 valence electrons. The molecule has 1 atom stereocenters. The average Bonchev–Trinajstić information content (AvgIpc) is 2.82. The Labute approximate surface area is 138 Å². The van der Waals surface area contributed by atoms with Crippen molar-refractivity contribution in [1.82, 2.24) is 4.90 Å². The van der Waals surface area contributed by atoms with Crippen molar-refractivity contribution in [3.63, 3.8) is 0 Å². The molecule has 7 heteroatoms. The molecule has 0 saturated carbocycles. The van der Waals surface area contributed by atoms with Gasteiger partial charge in [0.15, 0.2) is 0 Å². The van der Waals surface area contributed by atoms with Gasteiger partial charge in [-0.1, -0.05) is 17.7 Å². The molecule has 1 N–H and O–H groups in total. The van der Waals surface area contributed by atoms with Gasteiger partial charge in [-0.3, -0.25) is 19.3 Å². The summed E-state index contributed by atoms with van der Waals surface area (Å²) >= 11 is 5.93. The maximum Gasteiger partial charge on any atom is 0.306 e. The van der Waals surface area contributed by atoms with Gasteiger partial charge >= 0.3 is 5.97 Å². The molecule has 6 nitrogen and oxygen atoms in total. The number of likely N-dealkylation sites (tertiary alicyclic amines) is 1. The Hall–Kier alpha value is -1.92. The van der Waals surface area contributed by atoms with E-state index in [-0.39, 0.29) is 24.2 Å². The van der Waals surface area contributed by atoms with Gasteiger partial charge in [0.05, 0.1) is 24.1 Å². The number of carbonyl (C=O) groups is 3. The molecule has 23 heavy (non-hydrogen) atoms. The van der Waals surface area contributed by atoms with Gasteiger partial charge in [-0.25, -0.2) is 4.90 Å². The predicted molar refractivity (Wildman–Crippen MR) is 84.3 cm³/mol. The fraction of sp³-hybridized carbons (Fsp3) is 0.438. The molecule has 2 heterocycles. The van der Waals surface area contributed by atoms with Crippen LogP contribution in [0.3, 0.4) is 0 Å². The van der Waals surface area contributed by atoms with Crippen LogP contribution in [0.15, 0.2) is 24.3 Å². The number of aliphatic carboxylic acids is 1. The summed E-state index contributed by atoms with van der Waals surface area (Å²) in [5.41, 5.74) is 0.482. The minimum absolute atomic E-state index is 0.128. The van der Waals surface area contributed by atoms with Gasteiger partial charge in [-0.15, -0.1) is 0 Å². The number of carboxylic acid groups (broad SMARTS) is 1. The molecule has 2 aliphatic heterocycles. The minimum atomic E-state index is -0.793. The maximum atomic E-state index is 12.6. The zero-order valence-corrected chi connectivity index (χ0v) is 13.2. The molecule has 2 aliphatic rings. The van der Waals surface area contributed by atoms with E-state index < -0.39 is 12.0 Å². The first-order valence-electron chi connectivity index (χ1n) is 7.56. The zero-order valence-electron chi connectivity index (χ0n) is 12.4. The Balaban J connectivity index is 1.73. The monoisotopic (exact) mass is 336 g/mol. The summed E-state index contributed by atoms with van der Waals surface area (Å²) in [4.78, 5) is 39.0. The number of imide groups is 1. The lowest BCUT2D eigenvalue weighted by atomic mass is 9.96. The predicted octanol–water partition coefficient (Wildman–Crippen LogP) is 1.77. The van der Waals surface area contributed by atoms with Crippen LogP contribution in [-0.2, 0) is 14.4 Å².